The number of amides is 2. The number of nitrogens with zero attached hydrogens (tertiary/aromatic N) is 2. The summed E-state index contributed by atoms with van der Waals surface area (Å²) in [5.41, 5.74) is 1.86. The average Bonchev–Trinajstić information content (AvgIpc) is 3.13. The van der Waals surface area contributed by atoms with E-state index in [2.05, 4.69) is 15.5 Å². The number of anilines is 1. The number of carbonyl (C=O) groups is 2. The summed E-state index contributed by atoms with van der Waals surface area (Å²) < 4.78 is 5.49. The van der Waals surface area contributed by atoms with Gasteiger partial charge >= 0.3 is 0 Å². The summed E-state index contributed by atoms with van der Waals surface area (Å²) in [7, 11) is 0. The molecule has 4 rings (SSSR count). The Morgan fingerprint density at radius 2 is 2.21 bits per heavy atom. The Morgan fingerprint density at radius 1 is 1.36 bits per heavy atom. The SMILES string of the molecule is O=C1CC(N2CCOC(CO)C2)NC(CC(=O)N2CCc3c(Cl)cccc32)N1. The second-order valence-electron chi connectivity index (χ2n) is 7.41. The van der Waals surface area contributed by atoms with Crippen molar-refractivity contribution in [2.75, 3.05) is 37.7 Å². The summed E-state index contributed by atoms with van der Waals surface area (Å²) in [5.74, 6) is -0.131. The van der Waals surface area contributed by atoms with E-state index in [4.69, 9.17) is 16.3 Å². The molecule has 0 spiro atoms. The standard InChI is InChI=1S/C19H25ClN4O4/c20-14-2-1-3-15-13(14)4-5-24(15)19(27)8-16-21-17(9-18(26)22-16)23-6-7-28-12(10-23)11-25/h1-3,12,16-17,21,25H,4-11H2,(H,22,26). The van der Waals surface area contributed by atoms with E-state index in [9.17, 15) is 14.7 Å². The van der Waals surface area contributed by atoms with Crippen LogP contribution in [0.1, 0.15) is 18.4 Å². The molecule has 0 aliphatic carbocycles. The molecule has 2 amide bonds. The first-order chi connectivity index (χ1) is 13.5. The third kappa shape index (κ3) is 4.01. The molecule has 0 bridgehead atoms. The van der Waals surface area contributed by atoms with Crippen LogP contribution in [0.2, 0.25) is 5.02 Å². The maximum atomic E-state index is 12.9. The first kappa shape index (κ1) is 19.6. The van der Waals surface area contributed by atoms with E-state index in [0.29, 0.717) is 37.7 Å². The Bertz CT molecular complexity index is 761. The number of morpholine rings is 1. The van der Waals surface area contributed by atoms with Gasteiger partial charge in [-0.2, -0.15) is 0 Å². The van der Waals surface area contributed by atoms with Crippen molar-refractivity contribution in [1.29, 1.82) is 0 Å². The number of fused-ring (bicyclic) bond motifs is 1. The molecule has 1 aromatic carbocycles. The van der Waals surface area contributed by atoms with Gasteiger partial charge in [0.05, 0.1) is 44.5 Å². The Hall–Kier alpha value is -1.71. The highest BCUT2D eigenvalue weighted by Gasteiger charge is 2.35. The molecule has 0 radical (unpaired) electrons. The van der Waals surface area contributed by atoms with Crippen LogP contribution in [-0.2, 0) is 20.7 Å². The lowest BCUT2D eigenvalue weighted by molar-refractivity contribution is -0.130. The molecule has 28 heavy (non-hydrogen) atoms. The topological polar surface area (TPSA) is 94.1 Å². The highest BCUT2D eigenvalue weighted by atomic mass is 35.5. The maximum absolute atomic E-state index is 12.9. The zero-order chi connectivity index (χ0) is 19.7. The maximum Gasteiger partial charge on any atom is 0.230 e. The highest BCUT2D eigenvalue weighted by Crippen LogP contribution is 2.33. The first-order valence-corrected chi connectivity index (χ1v) is 10.0. The number of hydrogen-bond donors (Lipinski definition) is 3. The quantitative estimate of drug-likeness (QED) is 0.653. The fourth-order valence-electron chi connectivity index (χ4n) is 4.18. The summed E-state index contributed by atoms with van der Waals surface area (Å²) >= 11 is 6.24. The van der Waals surface area contributed by atoms with Crippen molar-refractivity contribution in [3.8, 4) is 0 Å². The van der Waals surface area contributed by atoms with Gasteiger partial charge in [0.1, 0.15) is 0 Å². The number of rotatable bonds is 4. The smallest absolute Gasteiger partial charge is 0.230 e. The van der Waals surface area contributed by atoms with Crippen molar-refractivity contribution in [2.45, 2.75) is 37.7 Å². The summed E-state index contributed by atoms with van der Waals surface area (Å²) in [4.78, 5) is 29.0. The number of aliphatic hydroxyl groups is 1. The number of benzene rings is 1. The first-order valence-electron chi connectivity index (χ1n) is 9.65. The summed E-state index contributed by atoms with van der Waals surface area (Å²) in [6.45, 7) is 2.30. The van der Waals surface area contributed by atoms with Crippen molar-refractivity contribution in [1.82, 2.24) is 15.5 Å². The number of halogens is 1. The van der Waals surface area contributed by atoms with Crippen LogP contribution in [0.25, 0.3) is 0 Å². The van der Waals surface area contributed by atoms with E-state index in [1.165, 1.54) is 0 Å². The Kier molecular flexibility index (Phi) is 5.84. The van der Waals surface area contributed by atoms with Crippen LogP contribution >= 0.6 is 11.6 Å². The minimum absolute atomic E-state index is 0.0466. The lowest BCUT2D eigenvalue weighted by Gasteiger charge is -2.42. The highest BCUT2D eigenvalue weighted by molar-refractivity contribution is 6.32. The Balaban J connectivity index is 1.40. The van der Waals surface area contributed by atoms with E-state index in [1.807, 2.05) is 18.2 Å². The largest absolute Gasteiger partial charge is 0.394 e. The van der Waals surface area contributed by atoms with Crippen LogP contribution in [0.3, 0.4) is 0 Å². The summed E-state index contributed by atoms with van der Waals surface area (Å²) in [6.07, 6.45) is 0.366. The van der Waals surface area contributed by atoms with Gasteiger partial charge in [0, 0.05) is 30.3 Å². The molecule has 3 atom stereocenters. The number of nitrogens with one attached hydrogen (secondary N) is 2. The molecule has 2 saturated heterocycles. The number of carbonyl (C=O) groups excluding carboxylic acids is 2. The zero-order valence-corrected chi connectivity index (χ0v) is 16.3. The van der Waals surface area contributed by atoms with Crippen LogP contribution in [0.5, 0.6) is 0 Å². The van der Waals surface area contributed by atoms with Gasteiger partial charge in [-0.15, -0.1) is 0 Å². The Labute approximate surface area is 168 Å². The van der Waals surface area contributed by atoms with Gasteiger partial charge in [-0.3, -0.25) is 19.8 Å². The lowest BCUT2D eigenvalue weighted by Crippen LogP contribution is -2.64. The minimum atomic E-state index is -0.433. The molecule has 1 aromatic rings. The van der Waals surface area contributed by atoms with Crippen molar-refractivity contribution in [3.63, 3.8) is 0 Å². The van der Waals surface area contributed by atoms with Crippen molar-refractivity contribution in [3.05, 3.63) is 28.8 Å². The molecule has 3 aliphatic heterocycles. The van der Waals surface area contributed by atoms with Gasteiger partial charge in [-0.05, 0) is 24.1 Å². The van der Waals surface area contributed by atoms with Crippen molar-refractivity contribution in [2.24, 2.45) is 0 Å². The summed E-state index contributed by atoms with van der Waals surface area (Å²) in [6, 6.07) is 5.59. The van der Waals surface area contributed by atoms with Crippen molar-refractivity contribution < 1.29 is 19.4 Å². The average molecular weight is 409 g/mol. The summed E-state index contributed by atoms with van der Waals surface area (Å²) in [5, 5.41) is 16.3. The van der Waals surface area contributed by atoms with Gasteiger partial charge in [0.2, 0.25) is 11.8 Å². The van der Waals surface area contributed by atoms with Crippen LogP contribution in [0.15, 0.2) is 18.2 Å². The molecule has 9 heteroatoms. The van der Waals surface area contributed by atoms with E-state index in [-0.39, 0.29) is 37.1 Å². The van der Waals surface area contributed by atoms with E-state index >= 15 is 0 Å². The Morgan fingerprint density at radius 3 is 3.04 bits per heavy atom. The molecular weight excluding hydrogens is 384 g/mol. The molecule has 3 aliphatic rings. The van der Waals surface area contributed by atoms with Gasteiger partial charge in [0.15, 0.2) is 0 Å². The van der Waals surface area contributed by atoms with Crippen LogP contribution < -0.4 is 15.5 Å². The van der Waals surface area contributed by atoms with Crippen molar-refractivity contribution >= 4 is 29.1 Å². The second kappa shape index (κ2) is 8.34. The van der Waals surface area contributed by atoms with Crippen LogP contribution in [0, 0.1) is 0 Å². The lowest BCUT2D eigenvalue weighted by atomic mass is 10.1. The molecule has 3 heterocycles. The van der Waals surface area contributed by atoms with Crippen LogP contribution in [0.4, 0.5) is 5.69 Å². The normalized spacial score (nSPS) is 28.1. The van der Waals surface area contributed by atoms with E-state index < -0.39 is 6.17 Å². The second-order valence-corrected chi connectivity index (χ2v) is 7.82. The van der Waals surface area contributed by atoms with Gasteiger partial charge in [-0.25, -0.2) is 0 Å². The fourth-order valence-corrected chi connectivity index (χ4v) is 4.44. The van der Waals surface area contributed by atoms with E-state index in [0.717, 1.165) is 17.7 Å². The monoisotopic (exact) mass is 408 g/mol. The van der Waals surface area contributed by atoms with Crippen LogP contribution in [-0.4, -0.2) is 73.1 Å². The molecule has 2 fully saturated rings. The molecule has 0 saturated carbocycles. The third-order valence-electron chi connectivity index (χ3n) is 5.57. The third-order valence-corrected chi connectivity index (χ3v) is 5.93. The van der Waals surface area contributed by atoms with Gasteiger partial charge in [-0.1, -0.05) is 17.7 Å². The number of hydrogen-bond acceptors (Lipinski definition) is 6. The zero-order valence-electron chi connectivity index (χ0n) is 15.6. The molecule has 0 aromatic heterocycles. The van der Waals surface area contributed by atoms with Gasteiger partial charge in [0.25, 0.3) is 0 Å². The van der Waals surface area contributed by atoms with Gasteiger partial charge < -0.3 is 20.1 Å². The predicted octanol–water partition coefficient (Wildman–Crippen LogP) is 0.0740. The fraction of sp³-hybridized carbons (Fsp3) is 0.579. The molecule has 8 nitrogen and oxygen atoms in total. The predicted molar refractivity (Wildman–Crippen MR) is 104 cm³/mol. The number of aliphatic hydroxyl groups excluding tert-OH is 1. The molecule has 3 unspecified atom stereocenters. The number of ether oxygens (including phenoxy) is 1. The minimum Gasteiger partial charge on any atom is -0.394 e. The molecule has 3 N–H and O–H groups in total. The molecular formula is C19H25ClN4O4. The van der Waals surface area contributed by atoms with E-state index in [1.54, 1.807) is 4.90 Å². The molecule has 152 valence electrons.